The number of aliphatic hydroxyl groups excluding tert-OH is 1. The molecular weight excluding hydrogens is 188 g/mol. The van der Waals surface area contributed by atoms with Crippen LogP contribution in [0.4, 0.5) is 0 Å². The van der Waals surface area contributed by atoms with Gasteiger partial charge in [0.05, 0.1) is 0 Å². The van der Waals surface area contributed by atoms with Crippen molar-refractivity contribution in [1.29, 1.82) is 0 Å². The first-order chi connectivity index (χ1) is 7.20. The van der Waals surface area contributed by atoms with Gasteiger partial charge in [0.25, 0.3) is 0 Å². The van der Waals surface area contributed by atoms with E-state index in [1.54, 1.807) is 7.11 Å². The zero-order valence-corrected chi connectivity index (χ0v) is 10.3. The molecule has 2 nitrogen and oxygen atoms in total. The van der Waals surface area contributed by atoms with Crippen LogP contribution in [0.25, 0.3) is 0 Å². The van der Waals surface area contributed by atoms with Crippen molar-refractivity contribution in [1.82, 2.24) is 0 Å². The molecule has 0 amide bonds. The highest BCUT2D eigenvalue weighted by Crippen LogP contribution is 2.40. The summed E-state index contributed by atoms with van der Waals surface area (Å²) in [7, 11) is 1.70. The van der Waals surface area contributed by atoms with Crippen LogP contribution in [0.1, 0.15) is 52.4 Å². The molecule has 0 aliphatic heterocycles. The summed E-state index contributed by atoms with van der Waals surface area (Å²) in [6.45, 7) is 4.34. The van der Waals surface area contributed by atoms with E-state index >= 15 is 0 Å². The van der Waals surface area contributed by atoms with Gasteiger partial charge in [-0.2, -0.15) is 0 Å². The van der Waals surface area contributed by atoms with Crippen molar-refractivity contribution < 1.29 is 9.84 Å². The fourth-order valence-electron chi connectivity index (χ4n) is 2.21. The normalized spacial score (nSPS) is 29.9. The molecule has 0 saturated heterocycles. The van der Waals surface area contributed by atoms with Gasteiger partial charge in [0, 0.05) is 7.11 Å². The van der Waals surface area contributed by atoms with Crippen molar-refractivity contribution in [2.45, 2.75) is 64.1 Å². The van der Waals surface area contributed by atoms with Gasteiger partial charge in [0.2, 0.25) is 0 Å². The number of hydrogen-bond acceptors (Lipinski definition) is 2. The van der Waals surface area contributed by atoms with Crippen LogP contribution < -0.4 is 0 Å². The summed E-state index contributed by atoms with van der Waals surface area (Å²) in [5.41, 5.74) is 0.814. The van der Waals surface area contributed by atoms with Crippen molar-refractivity contribution in [3.63, 3.8) is 0 Å². The number of hydrogen-bond donors (Lipinski definition) is 1. The van der Waals surface area contributed by atoms with E-state index in [4.69, 9.17) is 4.74 Å². The molecule has 0 bridgehead atoms. The van der Waals surface area contributed by atoms with E-state index in [0.29, 0.717) is 0 Å². The SMILES string of the molecule is CCCCC1=CC(CCCC)(OC)C1O. The van der Waals surface area contributed by atoms with Crippen LogP contribution in [0.5, 0.6) is 0 Å². The van der Waals surface area contributed by atoms with Crippen molar-refractivity contribution in [2.75, 3.05) is 7.11 Å². The van der Waals surface area contributed by atoms with E-state index in [-0.39, 0.29) is 11.7 Å². The number of methoxy groups -OCH3 is 1. The highest BCUT2D eigenvalue weighted by molar-refractivity contribution is 5.33. The van der Waals surface area contributed by atoms with Crippen molar-refractivity contribution in [3.8, 4) is 0 Å². The Bertz CT molecular complexity index is 223. The third-order valence-corrected chi connectivity index (χ3v) is 3.36. The monoisotopic (exact) mass is 212 g/mol. The lowest BCUT2D eigenvalue weighted by molar-refractivity contribution is -0.0823. The minimum atomic E-state index is -0.362. The molecule has 1 aliphatic rings. The summed E-state index contributed by atoms with van der Waals surface area (Å²) in [6.07, 6.45) is 8.35. The van der Waals surface area contributed by atoms with Gasteiger partial charge in [-0.15, -0.1) is 0 Å². The Balaban J connectivity index is 2.52. The Morgan fingerprint density at radius 3 is 2.47 bits per heavy atom. The number of rotatable bonds is 7. The molecule has 0 saturated carbocycles. The Hall–Kier alpha value is -0.340. The number of unbranched alkanes of at least 4 members (excludes halogenated alkanes) is 2. The van der Waals surface area contributed by atoms with Gasteiger partial charge >= 0.3 is 0 Å². The highest BCUT2D eigenvalue weighted by Gasteiger charge is 2.45. The van der Waals surface area contributed by atoms with Crippen LogP contribution in [0.15, 0.2) is 11.6 Å². The molecule has 1 rings (SSSR count). The van der Waals surface area contributed by atoms with Crippen LogP contribution in [0, 0.1) is 0 Å². The molecule has 15 heavy (non-hydrogen) atoms. The number of aliphatic hydroxyl groups is 1. The van der Waals surface area contributed by atoms with E-state index < -0.39 is 0 Å². The summed E-state index contributed by atoms with van der Waals surface area (Å²) < 4.78 is 5.47. The maximum atomic E-state index is 10.1. The molecule has 0 aromatic heterocycles. The van der Waals surface area contributed by atoms with Crippen LogP contribution in [-0.2, 0) is 4.74 Å². The van der Waals surface area contributed by atoms with Gasteiger partial charge in [-0.1, -0.05) is 33.1 Å². The smallest absolute Gasteiger partial charge is 0.116 e. The minimum Gasteiger partial charge on any atom is -0.385 e. The van der Waals surface area contributed by atoms with Crippen molar-refractivity contribution in [2.24, 2.45) is 0 Å². The van der Waals surface area contributed by atoms with Crippen molar-refractivity contribution in [3.05, 3.63) is 11.6 Å². The van der Waals surface area contributed by atoms with Gasteiger partial charge in [-0.3, -0.25) is 0 Å². The largest absolute Gasteiger partial charge is 0.385 e. The first-order valence-corrected chi connectivity index (χ1v) is 6.15. The van der Waals surface area contributed by atoms with E-state index in [0.717, 1.165) is 32.1 Å². The molecule has 0 fully saturated rings. The maximum Gasteiger partial charge on any atom is 0.116 e. The minimum absolute atomic E-state index is 0.361. The molecule has 0 aromatic carbocycles. The molecule has 1 N–H and O–H groups in total. The molecular formula is C13H24O2. The quantitative estimate of drug-likeness (QED) is 0.657. The van der Waals surface area contributed by atoms with E-state index in [1.807, 2.05) is 0 Å². The van der Waals surface area contributed by atoms with Crippen molar-refractivity contribution >= 4 is 0 Å². The maximum absolute atomic E-state index is 10.1. The fourth-order valence-corrected chi connectivity index (χ4v) is 2.21. The average Bonchev–Trinajstić information content (AvgIpc) is 2.27. The van der Waals surface area contributed by atoms with Gasteiger partial charge < -0.3 is 9.84 Å². The Morgan fingerprint density at radius 1 is 1.33 bits per heavy atom. The van der Waals surface area contributed by atoms with Gasteiger partial charge in [0.1, 0.15) is 11.7 Å². The summed E-state index contributed by atoms with van der Waals surface area (Å²) >= 11 is 0. The van der Waals surface area contributed by atoms with Gasteiger partial charge in [0.15, 0.2) is 0 Å². The molecule has 0 radical (unpaired) electrons. The molecule has 2 heteroatoms. The highest BCUT2D eigenvalue weighted by atomic mass is 16.5. The van der Waals surface area contributed by atoms with Crippen LogP contribution in [-0.4, -0.2) is 23.9 Å². The zero-order chi connectivity index (χ0) is 11.3. The number of ether oxygens (including phenoxy) is 1. The third kappa shape index (κ3) is 2.61. The van der Waals surface area contributed by atoms with E-state index in [1.165, 1.54) is 12.0 Å². The Labute approximate surface area is 93.3 Å². The second kappa shape index (κ2) is 5.66. The summed E-state index contributed by atoms with van der Waals surface area (Å²) in [5, 5.41) is 10.1. The molecule has 2 unspecified atom stereocenters. The second-order valence-corrected chi connectivity index (χ2v) is 4.49. The summed E-state index contributed by atoms with van der Waals surface area (Å²) in [4.78, 5) is 0. The molecule has 2 atom stereocenters. The first kappa shape index (κ1) is 12.7. The second-order valence-electron chi connectivity index (χ2n) is 4.49. The van der Waals surface area contributed by atoms with Gasteiger partial charge in [-0.25, -0.2) is 0 Å². The third-order valence-electron chi connectivity index (χ3n) is 3.36. The lowest BCUT2D eigenvalue weighted by Gasteiger charge is -2.44. The van der Waals surface area contributed by atoms with Gasteiger partial charge in [-0.05, 0) is 30.9 Å². The molecule has 1 aliphatic carbocycles. The standard InChI is InChI=1S/C13H24O2/c1-4-6-8-11-10-13(15-3,12(11)14)9-7-5-2/h10,12,14H,4-9H2,1-3H3. The lowest BCUT2D eigenvalue weighted by atomic mass is 9.73. The molecule has 0 heterocycles. The van der Waals surface area contributed by atoms with E-state index in [2.05, 4.69) is 19.9 Å². The summed E-state index contributed by atoms with van der Waals surface area (Å²) in [6, 6.07) is 0. The van der Waals surface area contributed by atoms with E-state index in [9.17, 15) is 5.11 Å². The topological polar surface area (TPSA) is 29.5 Å². The fraction of sp³-hybridized carbons (Fsp3) is 0.846. The zero-order valence-electron chi connectivity index (χ0n) is 10.3. The molecule has 88 valence electrons. The Kier molecular flexibility index (Phi) is 4.81. The van der Waals surface area contributed by atoms with Crippen LogP contribution in [0.3, 0.4) is 0 Å². The van der Waals surface area contributed by atoms with Crippen LogP contribution in [0.2, 0.25) is 0 Å². The van der Waals surface area contributed by atoms with Crippen LogP contribution >= 0.6 is 0 Å². The average molecular weight is 212 g/mol. The summed E-state index contributed by atoms with van der Waals surface area (Å²) in [5.74, 6) is 0. The molecule has 0 aromatic rings. The molecule has 0 spiro atoms. The predicted octanol–water partition coefficient (Wildman–Crippen LogP) is 3.05. The lowest BCUT2D eigenvalue weighted by Crippen LogP contribution is -2.51. The predicted molar refractivity (Wildman–Crippen MR) is 62.9 cm³/mol. The first-order valence-electron chi connectivity index (χ1n) is 6.15. The Morgan fingerprint density at radius 2 is 2.00 bits per heavy atom.